The highest BCUT2D eigenvalue weighted by Gasteiger charge is 2.32. The first-order valence-corrected chi connectivity index (χ1v) is 9.12. The van der Waals surface area contributed by atoms with E-state index in [4.69, 9.17) is 4.74 Å². The largest absolute Gasteiger partial charge is 0.484 e. The molecular formula is C19H18BrN3O2. The number of fused-ring (bicyclic) bond motifs is 1. The van der Waals surface area contributed by atoms with Crippen LogP contribution in [0.1, 0.15) is 24.7 Å². The lowest BCUT2D eigenvalue weighted by Crippen LogP contribution is -2.34. The fourth-order valence-corrected chi connectivity index (χ4v) is 3.50. The number of benzene rings is 2. The average Bonchev–Trinajstić information content (AvgIpc) is 3.27. The molecule has 1 N–H and O–H groups in total. The molecule has 6 heteroatoms. The Hall–Kier alpha value is -2.34. The average molecular weight is 400 g/mol. The number of aromatic amines is 1. The zero-order chi connectivity index (χ0) is 17.2. The summed E-state index contributed by atoms with van der Waals surface area (Å²) in [5.74, 6) is 1.54. The van der Waals surface area contributed by atoms with Gasteiger partial charge in [-0.2, -0.15) is 0 Å². The van der Waals surface area contributed by atoms with Gasteiger partial charge in [-0.05, 0) is 49.2 Å². The number of rotatable bonds is 4. The number of imidazole rings is 1. The second-order valence-electron chi connectivity index (χ2n) is 6.13. The number of H-pyrrole nitrogens is 1. The van der Waals surface area contributed by atoms with E-state index in [0.717, 1.165) is 40.7 Å². The van der Waals surface area contributed by atoms with E-state index in [2.05, 4.69) is 25.9 Å². The highest BCUT2D eigenvalue weighted by molar-refractivity contribution is 9.10. The van der Waals surface area contributed by atoms with Gasteiger partial charge in [-0.1, -0.05) is 28.1 Å². The van der Waals surface area contributed by atoms with Gasteiger partial charge in [0.1, 0.15) is 11.6 Å². The van der Waals surface area contributed by atoms with Crippen LogP contribution in [0.5, 0.6) is 5.75 Å². The second kappa shape index (κ2) is 6.88. The highest BCUT2D eigenvalue weighted by Crippen LogP contribution is 2.31. The first-order valence-electron chi connectivity index (χ1n) is 8.33. The third kappa shape index (κ3) is 3.39. The number of carbonyl (C=O) groups is 1. The van der Waals surface area contributed by atoms with Crippen LogP contribution in [-0.2, 0) is 4.79 Å². The van der Waals surface area contributed by atoms with Crippen LogP contribution in [0.15, 0.2) is 53.0 Å². The molecule has 1 aliphatic heterocycles. The lowest BCUT2D eigenvalue weighted by molar-refractivity contribution is -0.134. The van der Waals surface area contributed by atoms with Crippen molar-refractivity contribution in [1.82, 2.24) is 14.9 Å². The Kier molecular flexibility index (Phi) is 4.44. The molecule has 0 bridgehead atoms. The molecule has 3 aromatic rings. The number of aromatic nitrogens is 2. The van der Waals surface area contributed by atoms with Crippen LogP contribution in [-0.4, -0.2) is 33.9 Å². The van der Waals surface area contributed by atoms with Crippen LogP contribution in [0, 0.1) is 0 Å². The molecule has 25 heavy (non-hydrogen) atoms. The van der Waals surface area contributed by atoms with E-state index in [-0.39, 0.29) is 18.6 Å². The molecule has 1 amide bonds. The number of carbonyl (C=O) groups excluding carboxylic acids is 1. The third-order valence-electron chi connectivity index (χ3n) is 4.47. The summed E-state index contributed by atoms with van der Waals surface area (Å²) in [5.41, 5.74) is 1.94. The predicted octanol–water partition coefficient (Wildman–Crippen LogP) is 4.07. The Labute approximate surface area is 154 Å². The summed E-state index contributed by atoms with van der Waals surface area (Å²) < 4.78 is 6.62. The lowest BCUT2D eigenvalue weighted by Gasteiger charge is -2.23. The van der Waals surface area contributed by atoms with Gasteiger partial charge >= 0.3 is 0 Å². The highest BCUT2D eigenvalue weighted by atomic mass is 79.9. The first kappa shape index (κ1) is 16.1. The van der Waals surface area contributed by atoms with E-state index in [0.29, 0.717) is 5.75 Å². The zero-order valence-corrected chi connectivity index (χ0v) is 15.2. The molecule has 0 saturated carbocycles. The first-order chi connectivity index (χ1) is 12.2. The Bertz CT molecular complexity index is 858. The van der Waals surface area contributed by atoms with Crippen LogP contribution in [0.3, 0.4) is 0 Å². The maximum atomic E-state index is 12.6. The molecule has 2 heterocycles. The van der Waals surface area contributed by atoms with Gasteiger partial charge in [-0.3, -0.25) is 4.79 Å². The monoisotopic (exact) mass is 399 g/mol. The molecule has 5 nitrogen and oxygen atoms in total. The predicted molar refractivity (Wildman–Crippen MR) is 99.4 cm³/mol. The molecule has 128 valence electrons. The number of amides is 1. The summed E-state index contributed by atoms with van der Waals surface area (Å²) in [7, 11) is 0. The summed E-state index contributed by atoms with van der Waals surface area (Å²) >= 11 is 3.39. The van der Waals surface area contributed by atoms with Gasteiger partial charge < -0.3 is 14.6 Å². The van der Waals surface area contributed by atoms with Crippen molar-refractivity contribution in [3.8, 4) is 5.75 Å². The maximum Gasteiger partial charge on any atom is 0.261 e. The van der Waals surface area contributed by atoms with Gasteiger partial charge in [0, 0.05) is 11.0 Å². The quantitative estimate of drug-likeness (QED) is 0.719. The van der Waals surface area contributed by atoms with Crippen molar-refractivity contribution in [3.05, 3.63) is 58.8 Å². The van der Waals surface area contributed by atoms with Gasteiger partial charge in [-0.15, -0.1) is 0 Å². The summed E-state index contributed by atoms with van der Waals surface area (Å²) in [6, 6.07) is 15.4. The molecule has 4 rings (SSSR count). The Balaban J connectivity index is 1.46. The number of hydrogen-bond donors (Lipinski definition) is 1. The Morgan fingerprint density at radius 3 is 2.84 bits per heavy atom. The Morgan fingerprint density at radius 2 is 2.04 bits per heavy atom. The number of likely N-dealkylation sites (tertiary alicyclic amines) is 1. The fourth-order valence-electron chi connectivity index (χ4n) is 3.24. The molecular weight excluding hydrogens is 382 g/mol. The van der Waals surface area contributed by atoms with Crippen molar-refractivity contribution < 1.29 is 9.53 Å². The van der Waals surface area contributed by atoms with Crippen molar-refractivity contribution >= 4 is 32.9 Å². The van der Waals surface area contributed by atoms with E-state index in [9.17, 15) is 4.79 Å². The molecule has 1 aromatic heterocycles. The molecule has 1 atom stereocenters. The number of para-hydroxylation sites is 2. The van der Waals surface area contributed by atoms with Gasteiger partial charge in [0.15, 0.2) is 6.61 Å². The van der Waals surface area contributed by atoms with Crippen LogP contribution < -0.4 is 4.74 Å². The molecule has 0 spiro atoms. The van der Waals surface area contributed by atoms with Crippen LogP contribution >= 0.6 is 15.9 Å². The number of ether oxygens (including phenoxy) is 1. The summed E-state index contributed by atoms with van der Waals surface area (Å²) in [5, 5.41) is 0. The number of halogens is 1. The van der Waals surface area contributed by atoms with Crippen LogP contribution in [0.25, 0.3) is 11.0 Å². The standard InChI is InChI=1S/C19H18BrN3O2/c20-13-7-9-14(10-8-13)25-12-18(24)23-11-3-6-17(23)19-21-15-4-1-2-5-16(15)22-19/h1-2,4-5,7-10,17H,3,6,11-12H2,(H,21,22)/t17-/m0/s1. The molecule has 0 unspecified atom stereocenters. The molecule has 1 aliphatic rings. The van der Waals surface area contributed by atoms with Gasteiger partial charge in [0.25, 0.3) is 5.91 Å². The summed E-state index contributed by atoms with van der Waals surface area (Å²) in [6.07, 6.45) is 1.90. The van der Waals surface area contributed by atoms with Crippen molar-refractivity contribution in [2.75, 3.05) is 13.2 Å². The number of nitrogens with one attached hydrogen (secondary N) is 1. The van der Waals surface area contributed by atoms with Crippen molar-refractivity contribution in [1.29, 1.82) is 0 Å². The van der Waals surface area contributed by atoms with Crippen molar-refractivity contribution in [3.63, 3.8) is 0 Å². The molecule has 2 aromatic carbocycles. The summed E-state index contributed by atoms with van der Waals surface area (Å²) in [4.78, 5) is 22.5. The molecule has 0 aliphatic carbocycles. The molecule has 0 radical (unpaired) electrons. The SMILES string of the molecule is O=C(COc1ccc(Br)cc1)N1CCC[C@H]1c1nc2ccccc2[nH]1. The van der Waals surface area contributed by atoms with E-state index < -0.39 is 0 Å². The minimum absolute atomic E-state index is 0.00609. The lowest BCUT2D eigenvalue weighted by atomic mass is 10.2. The second-order valence-corrected chi connectivity index (χ2v) is 7.04. The molecule has 1 fully saturated rings. The summed E-state index contributed by atoms with van der Waals surface area (Å²) in [6.45, 7) is 0.780. The topological polar surface area (TPSA) is 58.2 Å². The van der Waals surface area contributed by atoms with Gasteiger partial charge in [0.2, 0.25) is 0 Å². The Morgan fingerprint density at radius 1 is 1.24 bits per heavy atom. The number of nitrogens with zero attached hydrogens (tertiary/aromatic N) is 2. The third-order valence-corrected chi connectivity index (χ3v) is 5.00. The normalized spacial score (nSPS) is 17.2. The van der Waals surface area contributed by atoms with E-state index >= 15 is 0 Å². The van der Waals surface area contributed by atoms with Crippen LogP contribution in [0.4, 0.5) is 0 Å². The fraction of sp³-hybridized carbons (Fsp3) is 0.263. The van der Waals surface area contributed by atoms with Gasteiger partial charge in [0.05, 0.1) is 17.1 Å². The minimum atomic E-state index is -0.00845. The molecule has 1 saturated heterocycles. The van der Waals surface area contributed by atoms with Gasteiger partial charge in [-0.25, -0.2) is 4.98 Å². The maximum absolute atomic E-state index is 12.6. The minimum Gasteiger partial charge on any atom is -0.484 e. The van der Waals surface area contributed by atoms with E-state index in [1.165, 1.54) is 0 Å². The van der Waals surface area contributed by atoms with E-state index in [1.807, 2.05) is 53.4 Å². The smallest absolute Gasteiger partial charge is 0.261 e. The van der Waals surface area contributed by atoms with E-state index in [1.54, 1.807) is 0 Å². The zero-order valence-electron chi connectivity index (χ0n) is 13.6. The van der Waals surface area contributed by atoms with Crippen molar-refractivity contribution in [2.45, 2.75) is 18.9 Å². The van der Waals surface area contributed by atoms with Crippen molar-refractivity contribution in [2.24, 2.45) is 0 Å². The number of hydrogen-bond acceptors (Lipinski definition) is 3. The van der Waals surface area contributed by atoms with Crippen LogP contribution in [0.2, 0.25) is 0 Å².